The third-order valence-corrected chi connectivity index (χ3v) is 5.25. The first-order valence-electron chi connectivity index (χ1n) is 8.95. The van der Waals surface area contributed by atoms with Crippen LogP contribution < -0.4 is 19.1 Å². The molecule has 1 unspecified atom stereocenters. The second-order valence-corrected chi connectivity index (χ2v) is 7.99. The number of carbonyl (C=O) groups is 1. The molecule has 8 heteroatoms. The lowest BCUT2D eigenvalue weighted by molar-refractivity contribution is -0.122. The molecule has 0 bridgehead atoms. The molecule has 7 nitrogen and oxygen atoms in total. The maximum atomic E-state index is 12.6. The first-order chi connectivity index (χ1) is 13.4. The van der Waals surface area contributed by atoms with Gasteiger partial charge < -0.3 is 14.8 Å². The monoisotopic (exact) mass is 406 g/mol. The Bertz CT molecular complexity index is 854. The smallest absolute Gasteiger partial charge is 0.244 e. The van der Waals surface area contributed by atoms with Gasteiger partial charge in [0.05, 0.1) is 25.6 Å². The van der Waals surface area contributed by atoms with E-state index in [0.29, 0.717) is 17.9 Å². The summed E-state index contributed by atoms with van der Waals surface area (Å²) >= 11 is 0. The molecule has 0 aliphatic heterocycles. The third kappa shape index (κ3) is 5.88. The number of benzene rings is 2. The summed E-state index contributed by atoms with van der Waals surface area (Å²) < 4.78 is 36.5. The molecule has 0 aliphatic rings. The van der Waals surface area contributed by atoms with Crippen molar-refractivity contribution in [3.8, 4) is 11.5 Å². The van der Waals surface area contributed by atoms with Crippen LogP contribution in [0, 0.1) is 0 Å². The van der Waals surface area contributed by atoms with Crippen molar-refractivity contribution < 1.29 is 22.7 Å². The Labute approximate surface area is 166 Å². The number of sulfonamides is 1. The molecule has 0 aliphatic carbocycles. The van der Waals surface area contributed by atoms with Crippen molar-refractivity contribution in [3.05, 3.63) is 54.6 Å². The lowest BCUT2D eigenvalue weighted by Gasteiger charge is -2.30. The summed E-state index contributed by atoms with van der Waals surface area (Å²) in [5.74, 6) is 1.02. The number of nitrogens with one attached hydrogen (secondary N) is 1. The van der Waals surface area contributed by atoms with Gasteiger partial charge in [-0.2, -0.15) is 0 Å². The van der Waals surface area contributed by atoms with Crippen LogP contribution in [0.15, 0.2) is 54.6 Å². The van der Waals surface area contributed by atoms with Crippen molar-refractivity contribution in [1.29, 1.82) is 0 Å². The minimum atomic E-state index is -3.63. The topological polar surface area (TPSA) is 84.9 Å². The molecule has 152 valence electrons. The molecule has 1 atom stereocenters. The fraction of sp³-hybridized carbons (Fsp3) is 0.350. The van der Waals surface area contributed by atoms with Gasteiger partial charge in [0.1, 0.15) is 24.1 Å². The van der Waals surface area contributed by atoms with Gasteiger partial charge in [0, 0.05) is 0 Å². The van der Waals surface area contributed by atoms with Crippen LogP contribution >= 0.6 is 0 Å². The van der Waals surface area contributed by atoms with E-state index in [4.69, 9.17) is 9.47 Å². The summed E-state index contributed by atoms with van der Waals surface area (Å²) in [5.41, 5.74) is 0.460. The second kappa shape index (κ2) is 9.98. The van der Waals surface area contributed by atoms with Gasteiger partial charge in [0.15, 0.2) is 0 Å². The van der Waals surface area contributed by atoms with Crippen molar-refractivity contribution in [2.24, 2.45) is 0 Å². The highest BCUT2D eigenvalue weighted by molar-refractivity contribution is 7.92. The summed E-state index contributed by atoms with van der Waals surface area (Å²) in [5, 5.41) is 2.75. The number of amides is 1. The first kappa shape index (κ1) is 21.6. The summed E-state index contributed by atoms with van der Waals surface area (Å²) in [7, 11) is -2.04. The average Bonchev–Trinajstić information content (AvgIpc) is 2.69. The molecular formula is C20H26N2O5S. The van der Waals surface area contributed by atoms with Crippen molar-refractivity contribution in [3.63, 3.8) is 0 Å². The van der Waals surface area contributed by atoms with Gasteiger partial charge in [-0.1, -0.05) is 25.1 Å². The summed E-state index contributed by atoms with van der Waals surface area (Å²) in [6.07, 6.45) is 1.44. The largest absolute Gasteiger partial charge is 0.497 e. The molecule has 0 fully saturated rings. The van der Waals surface area contributed by atoms with Crippen LogP contribution in [0.1, 0.15) is 13.3 Å². The summed E-state index contributed by atoms with van der Waals surface area (Å²) in [4.78, 5) is 12.6. The van der Waals surface area contributed by atoms with Gasteiger partial charge in [-0.15, -0.1) is 0 Å². The Morgan fingerprint density at radius 3 is 2.21 bits per heavy atom. The van der Waals surface area contributed by atoms with Crippen LogP contribution in [0.3, 0.4) is 0 Å². The van der Waals surface area contributed by atoms with Crippen molar-refractivity contribution in [2.75, 3.05) is 30.8 Å². The highest BCUT2D eigenvalue weighted by Gasteiger charge is 2.31. The number of hydrogen-bond acceptors (Lipinski definition) is 5. The zero-order valence-electron chi connectivity index (χ0n) is 16.3. The molecule has 2 rings (SSSR count). The predicted octanol–water partition coefficient (Wildman–Crippen LogP) is 2.44. The average molecular weight is 407 g/mol. The Balaban J connectivity index is 1.97. The van der Waals surface area contributed by atoms with Crippen LogP contribution in [0.25, 0.3) is 0 Å². The zero-order chi connectivity index (χ0) is 20.6. The number of hydrogen-bond donors (Lipinski definition) is 1. The standard InChI is InChI=1S/C20H26N2O5S/c1-4-19(22(28(3,24)25)16-8-6-5-7-9-16)20(23)21-14-15-27-18-12-10-17(26-2)11-13-18/h5-13,19H,4,14-15H2,1-3H3,(H,21,23). The molecule has 0 saturated carbocycles. The van der Waals surface area contributed by atoms with Gasteiger partial charge in [-0.25, -0.2) is 8.42 Å². The van der Waals surface area contributed by atoms with Gasteiger partial charge in [0.2, 0.25) is 15.9 Å². The Morgan fingerprint density at radius 1 is 1.07 bits per heavy atom. The van der Waals surface area contributed by atoms with Crippen LogP contribution in [-0.2, 0) is 14.8 Å². The molecule has 1 N–H and O–H groups in total. The van der Waals surface area contributed by atoms with E-state index in [-0.39, 0.29) is 19.1 Å². The quantitative estimate of drug-likeness (QED) is 0.613. The summed E-state index contributed by atoms with van der Waals surface area (Å²) in [6, 6.07) is 14.9. The van der Waals surface area contributed by atoms with Crippen LogP contribution in [0.2, 0.25) is 0 Å². The highest BCUT2D eigenvalue weighted by Crippen LogP contribution is 2.22. The van der Waals surface area contributed by atoms with E-state index in [9.17, 15) is 13.2 Å². The zero-order valence-corrected chi connectivity index (χ0v) is 17.1. The number of rotatable bonds is 10. The van der Waals surface area contributed by atoms with E-state index in [1.165, 1.54) is 0 Å². The molecule has 0 saturated heterocycles. The molecular weight excluding hydrogens is 380 g/mol. The lowest BCUT2D eigenvalue weighted by Crippen LogP contribution is -2.49. The van der Waals surface area contributed by atoms with E-state index in [1.54, 1.807) is 68.6 Å². The molecule has 2 aromatic carbocycles. The van der Waals surface area contributed by atoms with E-state index < -0.39 is 16.1 Å². The number of carbonyl (C=O) groups excluding carboxylic acids is 1. The fourth-order valence-corrected chi connectivity index (χ4v) is 3.98. The SMILES string of the molecule is CCC(C(=O)NCCOc1ccc(OC)cc1)N(c1ccccc1)S(C)(=O)=O. The Morgan fingerprint density at radius 2 is 1.68 bits per heavy atom. The minimum Gasteiger partial charge on any atom is -0.497 e. The van der Waals surface area contributed by atoms with Crippen LogP contribution in [0.5, 0.6) is 11.5 Å². The Kier molecular flexibility index (Phi) is 7.69. The molecule has 28 heavy (non-hydrogen) atoms. The van der Waals surface area contributed by atoms with Gasteiger partial charge in [-0.05, 0) is 42.8 Å². The third-order valence-electron chi connectivity index (χ3n) is 4.07. The lowest BCUT2D eigenvalue weighted by atomic mass is 10.2. The van der Waals surface area contributed by atoms with E-state index in [2.05, 4.69) is 5.32 Å². The maximum absolute atomic E-state index is 12.6. The van der Waals surface area contributed by atoms with E-state index >= 15 is 0 Å². The fourth-order valence-electron chi connectivity index (χ4n) is 2.77. The number of ether oxygens (including phenoxy) is 2. The van der Waals surface area contributed by atoms with E-state index in [0.717, 1.165) is 16.3 Å². The van der Waals surface area contributed by atoms with Crippen LogP contribution in [-0.4, -0.2) is 46.9 Å². The van der Waals surface area contributed by atoms with Gasteiger partial charge in [0.25, 0.3) is 0 Å². The second-order valence-electron chi connectivity index (χ2n) is 6.13. The summed E-state index contributed by atoms with van der Waals surface area (Å²) in [6.45, 7) is 2.30. The van der Waals surface area contributed by atoms with Gasteiger partial charge >= 0.3 is 0 Å². The van der Waals surface area contributed by atoms with Gasteiger partial charge in [-0.3, -0.25) is 9.10 Å². The normalized spacial score (nSPS) is 12.1. The van der Waals surface area contributed by atoms with Crippen molar-refractivity contribution in [2.45, 2.75) is 19.4 Å². The molecule has 0 heterocycles. The molecule has 2 aromatic rings. The van der Waals surface area contributed by atoms with E-state index in [1.807, 2.05) is 0 Å². The maximum Gasteiger partial charge on any atom is 0.244 e. The molecule has 1 amide bonds. The highest BCUT2D eigenvalue weighted by atomic mass is 32.2. The first-order valence-corrected chi connectivity index (χ1v) is 10.8. The molecule has 0 spiro atoms. The number of nitrogens with zero attached hydrogens (tertiary/aromatic N) is 1. The molecule has 0 aromatic heterocycles. The number of methoxy groups -OCH3 is 1. The predicted molar refractivity (Wildman–Crippen MR) is 109 cm³/mol. The number of para-hydroxylation sites is 1. The number of anilines is 1. The molecule has 0 radical (unpaired) electrons. The van der Waals surface area contributed by atoms with Crippen LogP contribution in [0.4, 0.5) is 5.69 Å². The Hall–Kier alpha value is -2.74. The minimum absolute atomic E-state index is 0.258. The van der Waals surface area contributed by atoms with Crippen molar-refractivity contribution in [1.82, 2.24) is 5.32 Å². The van der Waals surface area contributed by atoms with Crippen molar-refractivity contribution >= 4 is 21.6 Å².